The van der Waals surface area contributed by atoms with E-state index in [0.717, 1.165) is 45.6 Å². The zero-order chi connectivity index (χ0) is 19.0. The molecular formula is C19H19BrN4O2S. The number of benzene rings is 1. The molecule has 2 heterocycles. The van der Waals surface area contributed by atoms with Crippen LogP contribution in [0.5, 0.6) is 0 Å². The average molecular weight is 447 g/mol. The van der Waals surface area contributed by atoms with Gasteiger partial charge >= 0.3 is 0 Å². The van der Waals surface area contributed by atoms with E-state index in [9.17, 15) is 9.59 Å². The molecular weight excluding hydrogens is 428 g/mol. The molecule has 0 saturated heterocycles. The molecule has 27 heavy (non-hydrogen) atoms. The predicted octanol–water partition coefficient (Wildman–Crippen LogP) is 3.91. The number of hydrogen-bond donors (Lipinski definition) is 2. The smallest absolute Gasteiger partial charge is 0.272 e. The number of carbonyl (C=O) groups is 1. The van der Waals surface area contributed by atoms with Crippen molar-refractivity contribution in [2.45, 2.75) is 44.6 Å². The number of nitrogens with one attached hydrogen (secondary N) is 2. The van der Waals surface area contributed by atoms with Gasteiger partial charge in [0.1, 0.15) is 5.69 Å². The third kappa shape index (κ3) is 3.68. The molecule has 1 saturated carbocycles. The normalized spacial score (nSPS) is 19.9. The van der Waals surface area contributed by atoms with Gasteiger partial charge in [0, 0.05) is 22.2 Å². The van der Waals surface area contributed by atoms with Gasteiger partial charge in [-0.2, -0.15) is 5.10 Å². The van der Waals surface area contributed by atoms with Crippen LogP contribution in [0.25, 0.3) is 10.8 Å². The maximum Gasteiger partial charge on any atom is 0.272 e. The Kier molecular flexibility index (Phi) is 5.10. The Morgan fingerprint density at radius 2 is 1.93 bits per heavy atom. The number of H-pyrrole nitrogens is 1. The lowest BCUT2D eigenvalue weighted by molar-refractivity contribution is 0.0920. The molecule has 6 nitrogen and oxygen atoms in total. The lowest BCUT2D eigenvalue weighted by Crippen LogP contribution is -2.38. The Balaban J connectivity index is 1.45. The van der Waals surface area contributed by atoms with Crippen LogP contribution in [0.15, 0.2) is 33.0 Å². The molecule has 0 radical (unpaired) electrons. The second-order valence-corrected chi connectivity index (χ2v) is 9.36. The van der Waals surface area contributed by atoms with E-state index >= 15 is 0 Å². The first kappa shape index (κ1) is 18.3. The summed E-state index contributed by atoms with van der Waals surface area (Å²) in [6.45, 7) is 1.90. The molecule has 1 aromatic carbocycles. The first-order chi connectivity index (χ1) is 13.0. The van der Waals surface area contributed by atoms with Gasteiger partial charge in [-0.25, -0.2) is 10.1 Å². The third-order valence-electron chi connectivity index (χ3n) is 5.16. The third-order valence-corrected chi connectivity index (χ3v) is 6.58. The van der Waals surface area contributed by atoms with Gasteiger partial charge in [0.25, 0.3) is 11.5 Å². The fourth-order valence-electron chi connectivity index (χ4n) is 3.79. The summed E-state index contributed by atoms with van der Waals surface area (Å²) in [5, 5.41) is 11.7. The molecule has 1 fully saturated rings. The summed E-state index contributed by atoms with van der Waals surface area (Å²) in [4.78, 5) is 29.6. The van der Waals surface area contributed by atoms with E-state index in [2.05, 4.69) is 36.4 Å². The molecule has 2 aromatic heterocycles. The molecule has 0 spiro atoms. The van der Waals surface area contributed by atoms with Crippen LogP contribution in [-0.4, -0.2) is 27.1 Å². The Labute approximate surface area is 168 Å². The largest absolute Gasteiger partial charge is 0.348 e. The number of aryl methyl sites for hydroxylation is 1. The molecule has 1 aliphatic carbocycles. The summed E-state index contributed by atoms with van der Waals surface area (Å²) in [5.74, 6) is 0.181. The maximum absolute atomic E-state index is 12.5. The summed E-state index contributed by atoms with van der Waals surface area (Å²) in [6, 6.07) is 7.74. The number of amides is 1. The number of nitrogens with zero attached hydrogens (tertiary/aromatic N) is 2. The van der Waals surface area contributed by atoms with E-state index < -0.39 is 0 Å². The van der Waals surface area contributed by atoms with Crippen LogP contribution in [0.1, 0.15) is 52.7 Å². The quantitative estimate of drug-likeness (QED) is 0.638. The number of aromatic nitrogens is 3. The van der Waals surface area contributed by atoms with Crippen LogP contribution in [0, 0.1) is 6.92 Å². The SMILES string of the molecule is Cc1sc(Br)nc1C(=O)NC1CCC(c2n[nH]c(=O)c3ccccc23)CC1. The van der Waals surface area contributed by atoms with Gasteiger partial charge in [-0.3, -0.25) is 9.59 Å². The Morgan fingerprint density at radius 1 is 1.22 bits per heavy atom. The lowest BCUT2D eigenvalue weighted by atomic mass is 9.82. The molecule has 1 aliphatic rings. The van der Waals surface area contributed by atoms with Crippen molar-refractivity contribution in [1.82, 2.24) is 20.5 Å². The summed E-state index contributed by atoms with van der Waals surface area (Å²) < 4.78 is 0.727. The van der Waals surface area contributed by atoms with Gasteiger partial charge < -0.3 is 5.32 Å². The number of fused-ring (bicyclic) bond motifs is 1. The molecule has 8 heteroatoms. The zero-order valence-electron chi connectivity index (χ0n) is 14.8. The van der Waals surface area contributed by atoms with Crippen LogP contribution in [0.2, 0.25) is 0 Å². The molecule has 2 N–H and O–H groups in total. The van der Waals surface area contributed by atoms with Crippen molar-refractivity contribution in [2.24, 2.45) is 0 Å². The van der Waals surface area contributed by atoms with Crippen molar-refractivity contribution >= 4 is 43.9 Å². The van der Waals surface area contributed by atoms with Gasteiger partial charge in [0.15, 0.2) is 3.92 Å². The second-order valence-electron chi connectivity index (χ2n) is 6.88. The van der Waals surface area contributed by atoms with Gasteiger partial charge in [0.2, 0.25) is 0 Å². The predicted molar refractivity (Wildman–Crippen MR) is 109 cm³/mol. The summed E-state index contributed by atoms with van der Waals surface area (Å²) in [7, 11) is 0. The highest BCUT2D eigenvalue weighted by atomic mass is 79.9. The number of carbonyl (C=O) groups excluding carboxylic acids is 1. The number of hydrogen-bond acceptors (Lipinski definition) is 5. The monoisotopic (exact) mass is 446 g/mol. The van der Waals surface area contributed by atoms with Crippen LogP contribution in [0.3, 0.4) is 0 Å². The van der Waals surface area contributed by atoms with Crippen LogP contribution in [-0.2, 0) is 0 Å². The first-order valence-corrected chi connectivity index (χ1v) is 10.5. The number of thiazole rings is 1. The van der Waals surface area contributed by atoms with E-state index in [-0.39, 0.29) is 23.4 Å². The van der Waals surface area contributed by atoms with Crippen molar-refractivity contribution in [3.8, 4) is 0 Å². The summed E-state index contributed by atoms with van der Waals surface area (Å²) >= 11 is 4.80. The Morgan fingerprint density at radius 3 is 2.59 bits per heavy atom. The Bertz CT molecular complexity index is 1050. The van der Waals surface area contributed by atoms with Crippen molar-refractivity contribution in [3.05, 3.63) is 54.8 Å². The summed E-state index contributed by atoms with van der Waals surface area (Å²) in [6.07, 6.45) is 3.62. The Hall–Kier alpha value is -2.06. The van der Waals surface area contributed by atoms with Crippen LogP contribution >= 0.6 is 27.3 Å². The van der Waals surface area contributed by atoms with Crippen molar-refractivity contribution < 1.29 is 4.79 Å². The minimum Gasteiger partial charge on any atom is -0.348 e. The van der Waals surface area contributed by atoms with E-state index in [1.807, 2.05) is 31.2 Å². The lowest BCUT2D eigenvalue weighted by Gasteiger charge is -2.29. The van der Waals surface area contributed by atoms with Gasteiger partial charge in [-0.1, -0.05) is 18.2 Å². The molecule has 4 rings (SSSR count). The van der Waals surface area contributed by atoms with E-state index in [0.29, 0.717) is 11.1 Å². The molecule has 0 atom stereocenters. The fourth-order valence-corrected chi connectivity index (χ4v) is 5.32. The van der Waals surface area contributed by atoms with Gasteiger partial charge in [0.05, 0.1) is 11.1 Å². The molecule has 1 amide bonds. The van der Waals surface area contributed by atoms with Gasteiger partial charge in [-0.05, 0) is 54.6 Å². The van der Waals surface area contributed by atoms with Crippen molar-refractivity contribution in [1.29, 1.82) is 0 Å². The molecule has 3 aromatic rings. The summed E-state index contributed by atoms with van der Waals surface area (Å²) in [5.41, 5.74) is 1.30. The minimum atomic E-state index is -0.153. The van der Waals surface area contributed by atoms with Crippen molar-refractivity contribution in [3.63, 3.8) is 0 Å². The second kappa shape index (κ2) is 7.52. The van der Waals surface area contributed by atoms with Crippen molar-refractivity contribution in [2.75, 3.05) is 0 Å². The first-order valence-electron chi connectivity index (χ1n) is 8.94. The highest BCUT2D eigenvalue weighted by Gasteiger charge is 2.27. The fraction of sp³-hybridized carbons (Fsp3) is 0.368. The van der Waals surface area contributed by atoms with E-state index in [1.165, 1.54) is 11.3 Å². The van der Waals surface area contributed by atoms with Crippen LogP contribution < -0.4 is 10.9 Å². The topological polar surface area (TPSA) is 87.7 Å². The number of aromatic amines is 1. The average Bonchev–Trinajstić information content (AvgIpc) is 3.01. The van der Waals surface area contributed by atoms with E-state index in [1.54, 1.807) is 0 Å². The molecule has 0 bridgehead atoms. The maximum atomic E-state index is 12.5. The van der Waals surface area contributed by atoms with Crippen LogP contribution in [0.4, 0.5) is 0 Å². The van der Waals surface area contributed by atoms with Gasteiger partial charge in [-0.15, -0.1) is 11.3 Å². The number of halogens is 1. The molecule has 0 aliphatic heterocycles. The standard InChI is InChI=1S/C19H19BrN4O2S/c1-10-15(22-19(20)27-10)18(26)21-12-8-6-11(7-9-12)16-13-4-2-3-5-14(13)17(25)24-23-16/h2-5,11-12H,6-9H2,1H3,(H,21,26)(H,24,25). The molecule has 140 valence electrons. The highest BCUT2D eigenvalue weighted by Crippen LogP contribution is 2.34. The molecule has 0 unspecified atom stereocenters. The minimum absolute atomic E-state index is 0.106. The highest BCUT2D eigenvalue weighted by molar-refractivity contribution is 9.11. The zero-order valence-corrected chi connectivity index (χ0v) is 17.2. The van der Waals surface area contributed by atoms with E-state index in [4.69, 9.17) is 0 Å². The number of rotatable bonds is 3.